The molecule has 100 valence electrons. The number of aliphatic carboxylic acids is 1. The van der Waals surface area contributed by atoms with E-state index in [-0.39, 0.29) is 12.2 Å². The molecule has 0 bridgehead atoms. The van der Waals surface area contributed by atoms with Gasteiger partial charge in [0.05, 0.1) is 11.0 Å². The van der Waals surface area contributed by atoms with E-state index in [1.807, 2.05) is 0 Å². The maximum atomic E-state index is 11.5. The lowest BCUT2D eigenvalue weighted by molar-refractivity contribution is -0.143. The van der Waals surface area contributed by atoms with E-state index in [9.17, 15) is 14.4 Å². The summed E-state index contributed by atoms with van der Waals surface area (Å²) in [6.45, 7) is 0.287. The van der Waals surface area contributed by atoms with Crippen LogP contribution in [0, 0.1) is 0 Å². The van der Waals surface area contributed by atoms with Gasteiger partial charge in [-0.25, -0.2) is 4.79 Å². The number of hydrogen-bond acceptors (Lipinski definition) is 3. The molecule has 0 aliphatic rings. The first kappa shape index (κ1) is 12.9. The summed E-state index contributed by atoms with van der Waals surface area (Å²) in [7, 11) is 1.54. The van der Waals surface area contributed by atoms with Crippen molar-refractivity contribution in [2.24, 2.45) is 0 Å². The Kier molecular flexibility index (Phi) is 3.37. The second-order valence-corrected chi connectivity index (χ2v) is 4.28. The molecule has 0 saturated heterocycles. The topological polar surface area (TPSA) is 106 Å². The lowest BCUT2D eigenvalue weighted by Crippen LogP contribution is -2.28. The second kappa shape index (κ2) is 4.97. The first-order valence-electron chi connectivity index (χ1n) is 5.62. The van der Waals surface area contributed by atoms with Crippen LogP contribution in [0.2, 0.25) is 0 Å². The fourth-order valence-electron chi connectivity index (χ4n) is 1.80. The number of carboxylic acids is 1. The molecule has 1 aromatic carbocycles. The number of fused-ring (bicyclic) bond motifs is 1. The molecule has 2 aromatic rings. The highest BCUT2D eigenvalue weighted by atomic mass is 16.4. The molecule has 0 aliphatic carbocycles. The summed E-state index contributed by atoms with van der Waals surface area (Å²) in [5, 5.41) is 8.55. The molecule has 0 fully saturated rings. The van der Waals surface area contributed by atoms with E-state index in [1.54, 1.807) is 18.2 Å². The van der Waals surface area contributed by atoms with E-state index in [0.29, 0.717) is 11.0 Å². The van der Waals surface area contributed by atoms with Crippen LogP contribution in [0.1, 0.15) is 12.0 Å². The Balaban J connectivity index is 2.14. The number of rotatable bonds is 4. The first-order chi connectivity index (χ1) is 8.95. The van der Waals surface area contributed by atoms with E-state index in [4.69, 9.17) is 5.11 Å². The highest BCUT2D eigenvalue weighted by Gasteiger charge is 2.13. The molecule has 3 N–H and O–H groups in total. The predicted molar refractivity (Wildman–Crippen MR) is 67.6 cm³/mol. The number of H-pyrrole nitrogens is 2. The summed E-state index contributed by atoms with van der Waals surface area (Å²) >= 11 is 0. The van der Waals surface area contributed by atoms with Crippen LogP contribution in [0.5, 0.6) is 0 Å². The molecular formula is C12H13N3O4. The van der Waals surface area contributed by atoms with Gasteiger partial charge in [-0.15, -0.1) is 0 Å². The van der Waals surface area contributed by atoms with Crippen molar-refractivity contribution in [3.8, 4) is 0 Å². The maximum absolute atomic E-state index is 11.5. The molecule has 1 aromatic heterocycles. The highest BCUT2D eigenvalue weighted by molar-refractivity contribution is 5.93. The summed E-state index contributed by atoms with van der Waals surface area (Å²) in [6.07, 6.45) is -0.528. The van der Waals surface area contributed by atoms with E-state index >= 15 is 0 Å². The number of carbonyl (C=O) groups is 2. The number of aromatic nitrogens is 2. The van der Waals surface area contributed by atoms with Gasteiger partial charge in [0.15, 0.2) is 0 Å². The minimum Gasteiger partial charge on any atom is -0.481 e. The largest absolute Gasteiger partial charge is 0.481 e. The third kappa shape index (κ3) is 3.01. The van der Waals surface area contributed by atoms with Crippen molar-refractivity contribution in [1.29, 1.82) is 0 Å². The lowest BCUT2D eigenvalue weighted by Gasteiger charge is -2.16. The van der Waals surface area contributed by atoms with Gasteiger partial charge in [0, 0.05) is 13.6 Å². The molecule has 2 rings (SSSR count). The number of carboxylic acid groups (broad SMARTS) is 1. The molecule has 1 amide bonds. The van der Waals surface area contributed by atoms with Gasteiger partial charge in [0.1, 0.15) is 6.42 Å². The number of nitrogens with one attached hydrogen (secondary N) is 2. The molecule has 1 heterocycles. The van der Waals surface area contributed by atoms with Gasteiger partial charge in [0.2, 0.25) is 5.91 Å². The molecule has 7 heteroatoms. The van der Waals surface area contributed by atoms with Crippen LogP contribution < -0.4 is 5.69 Å². The number of amides is 1. The molecule has 0 radical (unpaired) electrons. The van der Waals surface area contributed by atoms with E-state index in [2.05, 4.69) is 9.97 Å². The quantitative estimate of drug-likeness (QED) is 0.689. The molecule has 0 spiro atoms. The number of hydrogen-bond donors (Lipinski definition) is 3. The van der Waals surface area contributed by atoms with Gasteiger partial charge >= 0.3 is 11.7 Å². The summed E-state index contributed by atoms with van der Waals surface area (Å²) in [5.41, 5.74) is 1.86. The van der Waals surface area contributed by atoms with Crippen molar-refractivity contribution in [2.45, 2.75) is 13.0 Å². The number of benzene rings is 1. The number of carbonyl (C=O) groups excluding carboxylic acids is 1. The molecule has 0 saturated carbocycles. The molecule has 0 atom stereocenters. The standard InChI is InChI=1S/C12H13N3O4/c1-15(10(16)5-11(17)18)6-7-2-3-8-9(4-7)14-12(19)13-8/h2-4H,5-6H2,1H3,(H,17,18)(H2,13,14,19). The average molecular weight is 263 g/mol. The van der Waals surface area contributed by atoms with Gasteiger partial charge in [-0.2, -0.15) is 0 Å². The fourth-order valence-corrected chi connectivity index (χ4v) is 1.80. The van der Waals surface area contributed by atoms with E-state index in [1.165, 1.54) is 11.9 Å². The Labute approximate surface area is 107 Å². The first-order valence-corrected chi connectivity index (χ1v) is 5.62. The Bertz CT molecular complexity index is 686. The number of nitrogens with zero attached hydrogens (tertiary/aromatic N) is 1. The third-order valence-electron chi connectivity index (χ3n) is 2.73. The van der Waals surface area contributed by atoms with E-state index < -0.39 is 18.3 Å². The SMILES string of the molecule is CN(Cc1ccc2[nH]c(=O)[nH]c2c1)C(=O)CC(=O)O. The van der Waals surface area contributed by atoms with Crippen molar-refractivity contribution >= 4 is 22.9 Å². The lowest BCUT2D eigenvalue weighted by atomic mass is 10.2. The van der Waals surface area contributed by atoms with Crippen molar-refractivity contribution in [2.75, 3.05) is 7.05 Å². The molecule has 0 unspecified atom stereocenters. The normalized spacial score (nSPS) is 10.6. The Morgan fingerprint density at radius 3 is 2.63 bits per heavy atom. The Hall–Kier alpha value is -2.57. The zero-order valence-electron chi connectivity index (χ0n) is 10.3. The van der Waals surface area contributed by atoms with Gasteiger partial charge in [-0.05, 0) is 17.7 Å². The number of imidazole rings is 1. The third-order valence-corrected chi connectivity index (χ3v) is 2.73. The summed E-state index contributed by atoms with van der Waals surface area (Å²) < 4.78 is 0. The Morgan fingerprint density at radius 2 is 1.95 bits per heavy atom. The monoisotopic (exact) mass is 263 g/mol. The summed E-state index contributed by atoms with van der Waals surface area (Å²) in [6, 6.07) is 5.26. The summed E-state index contributed by atoms with van der Waals surface area (Å²) in [4.78, 5) is 39.6. The van der Waals surface area contributed by atoms with Gasteiger partial charge in [0.25, 0.3) is 0 Å². The van der Waals surface area contributed by atoms with Gasteiger partial charge in [-0.3, -0.25) is 9.59 Å². The van der Waals surface area contributed by atoms with Crippen LogP contribution in [0.4, 0.5) is 0 Å². The van der Waals surface area contributed by atoms with Gasteiger partial charge < -0.3 is 20.0 Å². The second-order valence-electron chi connectivity index (χ2n) is 4.28. The highest BCUT2D eigenvalue weighted by Crippen LogP contribution is 2.12. The van der Waals surface area contributed by atoms with Crippen LogP contribution >= 0.6 is 0 Å². The molecule has 7 nitrogen and oxygen atoms in total. The van der Waals surface area contributed by atoms with E-state index in [0.717, 1.165) is 5.56 Å². The van der Waals surface area contributed by atoms with Crippen LogP contribution in [-0.2, 0) is 16.1 Å². The zero-order chi connectivity index (χ0) is 14.0. The predicted octanol–water partition coefficient (Wildman–Crippen LogP) is 0.289. The van der Waals surface area contributed by atoms with Crippen LogP contribution in [0.15, 0.2) is 23.0 Å². The van der Waals surface area contributed by atoms with Crippen molar-refractivity contribution in [3.05, 3.63) is 34.2 Å². The van der Waals surface area contributed by atoms with Crippen LogP contribution in [0.25, 0.3) is 11.0 Å². The van der Waals surface area contributed by atoms with Crippen molar-refractivity contribution < 1.29 is 14.7 Å². The van der Waals surface area contributed by atoms with Crippen molar-refractivity contribution in [3.63, 3.8) is 0 Å². The molecular weight excluding hydrogens is 250 g/mol. The maximum Gasteiger partial charge on any atom is 0.323 e. The molecule has 0 aliphatic heterocycles. The van der Waals surface area contributed by atoms with Crippen molar-refractivity contribution in [1.82, 2.24) is 14.9 Å². The van der Waals surface area contributed by atoms with Crippen LogP contribution in [0.3, 0.4) is 0 Å². The Morgan fingerprint density at radius 1 is 1.26 bits per heavy atom. The smallest absolute Gasteiger partial charge is 0.323 e. The van der Waals surface area contributed by atoms with Crippen LogP contribution in [-0.4, -0.2) is 38.9 Å². The minimum absolute atomic E-state index is 0.287. The minimum atomic E-state index is -1.15. The number of aromatic amines is 2. The van der Waals surface area contributed by atoms with Gasteiger partial charge in [-0.1, -0.05) is 6.07 Å². The zero-order valence-corrected chi connectivity index (χ0v) is 10.3. The molecule has 19 heavy (non-hydrogen) atoms. The summed E-state index contributed by atoms with van der Waals surface area (Å²) in [5.74, 6) is -1.61. The fraction of sp³-hybridized carbons (Fsp3) is 0.250. The average Bonchev–Trinajstić information content (AvgIpc) is 2.67.